The zero-order valence-corrected chi connectivity index (χ0v) is 15.3. The maximum absolute atomic E-state index is 4.40. The molecule has 1 aliphatic rings. The van der Waals surface area contributed by atoms with Gasteiger partial charge in [-0.25, -0.2) is 24.6 Å². The van der Waals surface area contributed by atoms with Crippen LogP contribution >= 0.6 is 0 Å². The summed E-state index contributed by atoms with van der Waals surface area (Å²) in [6.07, 6.45) is 13.2. The molecule has 8 nitrogen and oxygen atoms in total. The Morgan fingerprint density at radius 3 is 2.19 bits per heavy atom. The molecule has 0 N–H and O–H groups in total. The number of rotatable bonds is 5. The van der Waals surface area contributed by atoms with Crippen molar-refractivity contribution in [3.63, 3.8) is 0 Å². The lowest BCUT2D eigenvalue weighted by Crippen LogP contribution is -2.46. The Morgan fingerprint density at radius 1 is 0.889 bits per heavy atom. The summed E-state index contributed by atoms with van der Waals surface area (Å²) in [6.45, 7) is 6.83. The van der Waals surface area contributed by atoms with Crippen molar-refractivity contribution in [3.8, 4) is 5.95 Å². The first-order valence-corrected chi connectivity index (χ1v) is 9.04. The molecule has 0 aliphatic carbocycles. The van der Waals surface area contributed by atoms with Crippen molar-refractivity contribution in [1.29, 1.82) is 0 Å². The van der Waals surface area contributed by atoms with Crippen LogP contribution in [0.1, 0.15) is 11.3 Å². The van der Waals surface area contributed by atoms with Crippen LogP contribution < -0.4 is 4.90 Å². The van der Waals surface area contributed by atoms with Gasteiger partial charge < -0.3 is 4.90 Å². The van der Waals surface area contributed by atoms with Gasteiger partial charge in [0.1, 0.15) is 0 Å². The van der Waals surface area contributed by atoms with Crippen molar-refractivity contribution < 1.29 is 0 Å². The summed E-state index contributed by atoms with van der Waals surface area (Å²) in [4.78, 5) is 21.8. The summed E-state index contributed by atoms with van der Waals surface area (Å²) >= 11 is 0. The van der Waals surface area contributed by atoms with Gasteiger partial charge in [0.25, 0.3) is 5.95 Å². The Labute approximate surface area is 158 Å². The molecule has 0 spiro atoms. The summed E-state index contributed by atoms with van der Waals surface area (Å²) in [5, 5.41) is 4.40. The molecule has 0 aromatic carbocycles. The van der Waals surface area contributed by atoms with Crippen molar-refractivity contribution in [2.24, 2.45) is 0 Å². The molecule has 0 atom stereocenters. The van der Waals surface area contributed by atoms with E-state index in [0.29, 0.717) is 5.95 Å². The molecule has 4 heterocycles. The standard InChI is InChI=1S/C19H22N8/c1-16-17(15-24-27(16)19-22-8-4-9-23-19)5-2-10-25-11-13-26(14-12-25)18-20-6-3-7-21-18/h2-9,15H,10-14H2,1H3/b5-2+. The maximum atomic E-state index is 4.40. The second-order valence-corrected chi connectivity index (χ2v) is 6.38. The van der Waals surface area contributed by atoms with Crippen LogP contribution in [-0.4, -0.2) is 67.3 Å². The first-order valence-electron chi connectivity index (χ1n) is 9.04. The molecule has 0 unspecified atom stereocenters. The van der Waals surface area contributed by atoms with Gasteiger partial charge in [0.05, 0.1) is 11.9 Å². The molecule has 0 radical (unpaired) electrons. The summed E-state index contributed by atoms with van der Waals surface area (Å²) in [7, 11) is 0. The van der Waals surface area contributed by atoms with Crippen LogP contribution in [-0.2, 0) is 0 Å². The summed E-state index contributed by atoms with van der Waals surface area (Å²) in [5.74, 6) is 1.41. The van der Waals surface area contributed by atoms with Crippen LogP contribution in [0.4, 0.5) is 5.95 Å². The lowest BCUT2D eigenvalue weighted by atomic mass is 10.2. The van der Waals surface area contributed by atoms with Gasteiger partial charge in [-0.05, 0) is 19.1 Å². The molecule has 3 aromatic rings. The molecule has 3 aromatic heterocycles. The monoisotopic (exact) mass is 362 g/mol. The summed E-state index contributed by atoms with van der Waals surface area (Å²) in [5.41, 5.74) is 2.11. The van der Waals surface area contributed by atoms with Crippen molar-refractivity contribution in [2.45, 2.75) is 6.92 Å². The fourth-order valence-corrected chi connectivity index (χ4v) is 3.10. The van der Waals surface area contributed by atoms with Crippen molar-refractivity contribution >= 4 is 12.0 Å². The van der Waals surface area contributed by atoms with E-state index < -0.39 is 0 Å². The fourth-order valence-electron chi connectivity index (χ4n) is 3.10. The van der Waals surface area contributed by atoms with Gasteiger partial charge in [-0.15, -0.1) is 0 Å². The van der Waals surface area contributed by atoms with Gasteiger partial charge in [0.15, 0.2) is 0 Å². The molecular formula is C19H22N8. The topological polar surface area (TPSA) is 75.9 Å². The lowest BCUT2D eigenvalue weighted by molar-refractivity contribution is 0.283. The zero-order chi connectivity index (χ0) is 18.5. The van der Waals surface area contributed by atoms with E-state index in [9.17, 15) is 0 Å². The third kappa shape index (κ3) is 4.01. The van der Waals surface area contributed by atoms with Crippen molar-refractivity contribution in [1.82, 2.24) is 34.6 Å². The second-order valence-electron chi connectivity index (χ2n) is 6.38. The molecule has 1 fully saturated rings. The van der Waals surface area contributed by atoms with Gasteiger partial charge in [-0.3, -0.25) is 4.90 Å². The highest BCUT2D eigenvalue weighted by Crippen LogP contribution is 2.13. The molecule has 0 saturated carbocycles. The van der Waals surface area contributed by atoms with E-state index in [1.165, 1.54) is 0 Å². The quantitative estimate of drug-likeness (QED) is 0.682. The fraction of sp³-hybridized carbons (Fsp3) is 0.316. The molecule has 8 heteroatoms. The highest BCUT2D eigenvalue weighted by molar-refractivity contribution is 5.51. The van der Waals surface area contributed by atoms with Crippen molar-refractivity contribution in [3.05, 3.63) is 60.5 Å². The van der Waals surface area contributed by atoms with E-state index in [-0.39, 0.29) is 0 Å². The Hall–Kier alpha value is -3.13. The number of hydrogen-bond acceptors (Lipinski definition) is 7. The first kappa shape index (κ1) is 17.3. The van der Waals surface area contributed by atoms with Gasteiger partial charge >= 0.3 is 0 Å². The maximum Gasteiger partial charge on any atom is 0.250 e. The number of hydrogen-bond donors (Lipinski definition) is 0. The van der Waals surface area contributed by atoms with Gasteiger partial charge in [0, 0.05) is 63.1 Å². The van der Waals surface area contributed by atoms with E-state index in [1.54, 1.807) is 35.5 Å². The van der Waals surface area contributed by atoms with Gasteiger partial charge in [-0.2, -0.15) is 5.10 Å². The van der Waals surface area contributed by atoms with Crippen LogP contribution in [0, 0.1) is 6.92 Å². The molecule has 0 amide bonds. The molecule has 27 heavy (non-hydrogen) atoms. The summed E-state index contributed by atoms with van der Waals surface area (Å²) < 4.78 is 1.76. The molecule has 138 valence electrons. The minimum absolute atomic E-state index is 0.592. The second kappa shape index (κ2) is 8.05. The molecule has 1 saturated heterocycles. The normalized spacial score (nSPS) is 15.5. The predicted octanol–water partition coefficient (Wildman–Crippen LogP) is 1.60. The largest absolute Gasteiger partial charge is 0.338 e. The number of aromatic nitrogens is 6. The van der Waals surface area contributed by atoms with Crippen LogP contribution in [0.3, 0.4) is 0 Å². The predicted molar refractivity (Wildman–Crippen MR) is 104 cm³/mol. The zero-order valence-electron chi connectivity index (χ0n) is 15.3. The molecule has 1 aliphatic heterocycles. The van der Waals surface area contributed by atoms with Crippen LogP contribution in [0.5, 0.6) is 0 Å². The van der Waals surface area contributed by atoms with Gasteiger partial charge in [0.2, 0.25) is 5.95 Å². The van der Waals surface area contributed by atoms with Crippen LogP contribution in [0.25, 0.3) is 12.0 Å². The Kier molecular flexibility index (Phi) is 5.15. The molecular weight excluding hydrogens is 340 g/mol. The lowest BCUT2D eigenvalue weighted by Gasteiger charge is -2.34. The smallest absolute Gasteiger partial charge is 0.250 e. The Balaban J connectivity index is 1.32. The Morgan fingerprint density at radius 2 is 1.52 bits per heavy atom. The van der Waals surface area contributed by atoms with Crippen LogP contribution in [0.2, 0.25) is 0 Å². The van der Waals surface area contributed by atoms with E-state index >= 15 is 0 Å². The van der Waals surface area contributed by atoms with E-state index in [1.807, 2.05) is 19.2 Å². The average Bonchev–Trinajstić information content (AvgIpc) is 3.10. The Bertz CT molecular complexity index is 883. The van der Waals surface area contributed by atoms with E-state index in [0.717, 1.165) is 49.9 Å². The highest BCUT2D eigenvalue weighted by Gasteiger charge is 2.17. The van der Waals surface area contributed by atoms with E-state index in [2.05, 4.69) is 47.0 Å². The highest BCUT2D eigenvalue weighted by atomic mass is 15.3. The summed E-state index contributed by atoms with van der Waals surface area (Å²) in [6, 6.07) is 3.64. The first-order chi connectivity index (χ1) is 13.3. The SMILES string of the molecule is Cc1c(/C=C/CN2CCN(c3ncccn3)CC2)cnn1-c1ncccn1. The van der Waals surface area contributed by atoms with E-state index in [4.69, 9.17) is 0 Å². The van der Waals surface area contributed by atoms with Gasteiger partial charge in [-0.1, -0.05) is 12.2 Å². The molecule has 0 bridgehead atoms. The number of nitrogens with zero attached hydrogens (tertiary/aromatic N) is 8. The third-order valence-corrected chi connectivity index (χ3v) is 4.66. The van der Waals surface area contributed by atoms with Crippen molar-refractivity contribution in [2.75, 3.05) is 37.6 Å². The third-order valence-electron chi connectivity index (χ3n) is 4.66. The van der Waals surface area contributed by atoms with Crippen LogP contribution in [0.15, 0.2) is 49.2 Å². The minimum Gasteiger partial charge on any atom is -0.338 e. The average molecular weight is 362 g/mol. The molecule has 4 rings (SSSR count). The minimum atomic E-state index is 0.592. The number of anilines is 1. The number of piperazine rings is 1.